The van der Waals surface area contributed by atoms with Gasteiger partial charge in [0.1, 0.15) is 5.82 Å². The molecule has 1 aliphatic carbocycles. The highest BCUT2D eigenvalue weighted by Crippen LogP contribution is 2.19. The zero-order chi connectivity index (χ0) is 14.8. The van der Waals surface area contributed by atoms with Gasteiger partial charge in [0, 0.05) is 18.6 Å². The largest absolute Gasteiger partial charge is 0.313 e. The Morgan fingerprint density at radius 2 is 1.85 bits per heavy atom. The van der Waals surface area contributed by atoms with Crippen molar-refractivity contribution in [3.8, 4) is 0 Å². The van der Waals surface area contributed by atoms with E-state index in [-0.39, 0.29) is 11.9 Å². The van der Waals surface area contributed by atoms with Crippen molar-refractivity contribution in [2.24, 2.45) is 0 Å². The number of hydrogen-bond acceptors (Lipinski definition) is 3. The van der Waals surface area contributed by atoms with Crippen molar-refractivity contribution >= 4 is 10.0 Å². The van der Waals surface area contributed by atoms with E-state index >= 15 is 0 Å². The third-order valence-electron chi connectivity index (χ3n) is 3.51. The lowest BCUT2D eigenvalue weighted by Crippen LogP contribution is -2.40. The van der Waals surface area contributed by atoms with Crippen LogP contribution in [0.3, 0.4) is 0 Å². The maximum Gasteiger partial charge on any atom is 0.216 e. The van der Waals surface area contributed by atoms with Crippen molar-refractivity contribution < 1.29 is 12.8 Å². The molecule has 0 aromatic heterocycles. The van der Waals surface area contributed by atoms with Crippen molar-refractivity contribution in [3.05, 3.63) is 35.6 Å². The van der Waals surface area contributed by atoms with Gasteiger partial charge in [-0.1, -0.05) is 12.1 Å². The van der Waals surface area contributed by atoms with Crippen LogP contribution in [0.15, 0.2) is 24.3 Å². The van der Waals surface area contributed by atoms with Crippen LogP contribution in [-0.2, 0) is 10.0 Å². The third kappa shape index (κ3) is 4.26. The number of sulfonamides is 1. The summed E-state index contributed by atoms with van der Waals surface area (Å²) in [5.41, 5.74) is 0.748. The van der Waals surface area contributed by atoms with Crippen molar-refractivity contribution in [2.45, 2.75) is 44.0 Å². The molecule has 0 radical (unpaired) electrons. The molecule has 1 fully saturated rings. The Morgan fingerprint density at radius 1 is 1.25 bits per heavy atom. The van der Waals surface area contributed by atoms with Gasteiger partial charge in [0.2, 0.25) is 10.0 Å². The molecule has 2 N–H and O–H groups in total. The molecule has 0 amide bonds. The normalized spacial score (nSPS) is 18.8. The lowest BCUT2D eigenvalue weighted by atomic mass is 10.1. The van der Waals surface area contributed by atoms with Crippen molar-refractivity contribution in [1.82, 2.24) is 10.0 Å². The zero-order valence-corrected chi connectivity index (χ0v) is 12.6. The molecule has 0 spiro atoms. The molecule has 1 aromatic rings. The van der Waals surface area contributed by atoms with E-state index in [4.69, 9.17) is 0 Å². The first-order valence-electron chi connectivity index (χ1n) is 6.88. The summed E-state index contributed by atoms with van der Waals surface area (Å²) in [7, 11) is -3.39. The Morgan fingerprint density at radius 3 is 2.40 bits per heavy atom. The van der Waals surface area contributed by atoms with E-state index in [9.17, 15) is 12.8 Å². The highest BCUT2D eigenvalue weighted by Gasteiger charge is 2.26. The molecule has 2 unspecified atom stereocenters. The molecular formula is C14H21FN2O2S. The predicted molar refractivity (Wildman–Crippen MR) is 77.4 cm³/mol. The Labute approximate surface area is 119 Å². The Bertz CT molecular complexity index is 541. The van der Waals surface area contributed by atoms with Crippen LogP contribution < -0.4 is 10.0 Å². The minimum Gasteiger partial charge on any atom is -0.313 e. The second-order valence-electron chi connectivity index (χ2n) is 5.43. The first kappa shape index (κ1) is 15.4. The van der Waals surface area contributed by atoms with Crippen LogP contribution in [0.4, 0.5) is 4.39 Å². The van der Waals surface area contributed by atoms with E-state index in [2.05, 4.69) is 10.0 Å². The molecule has 6 heteroatoms. The Balaban J connectivity index is 1.93. The standard InChI is InChI=1S/C14H21FN2O2S/c1-10(9-16-14-7-8-14)20(18,19)17-11(2)12-3-5-13(15)6-4-12/h3-6,10-11,14,16-17H,7-9H2,1-2H3. The monoisotopic (exact) mass is 300 g/mol. The Hall–Kier alpha value is -0.980. The quantitative estimate of drug-likeness (QED) is 0.809. The lowest BCUT2D eigenvalue weighted by molar-refractivity contribution is 0.544. The van der Waals surface area contributed by atoms with Crippen molar-refractivity contribution in [2.75, 3.05) is 6.54 Å². The summed E-state index contributed by atoms with van der Waals surface area (Å²) in [6.45, 7) is 3.90. The molecule has 1 aromatic carbocycles. The first-order chi connectivity index (χ1) is 9.38. The molecule has 20 heavy (non-hydrogen) atoms. The fourth-order valence-electron chi connectivity index (χ4n) is 1.91. The van der Waals surface area contributed by atoms with Crippen LogP contribution in [0.2, 0.25) is 0 Å². The van der Waals surface area contributed by atoms with E-state index in [1.807, 2.05) is 0 Å². The van der Waals surface area contributed by atoms with Gasteiger partial charge in [0.05, 0.1) is 5.25 Å². The Kier molecular flexibility index (Phi) is 4.78. The smallest absolute Gasteiger partial charge is 0.216 e. The van der Waals surface area contributed by atoms with Gasteiger partial charge in [-0.15, -0.1) is 0 Å². The summed E-state index contributed by atoms with van der Waals surface area (Å²) < 4.78 is 39.9. The average molecular weight is 300 g/mol. The number of rotatable bonds is 7. The van der Waals surface area contributed by atoms with Gasteiger partial charge in [-0.05, 0) is 44.4 Å². The molecule has 0 saturated heterocycles. The maximum atomic E-state index is 12.9. The van der Waals surface area contributed by atoms with Crippen LogP contribution >= 0.6 is 0 Å². The number of halogens is 1. The number of nitrogens with one attached hydrogen (secondary N) is 2. The highest BCUT2D eigenvalue weighted by atomic mass is 32.2. The van der Waals surface area contributed by atoms with Crippen molar-refractivity contribution in [1.29, 1.82) is 0 Å². The SMILES string of the molecule is CC(NS(=O)(=O)C(C)CNC1CC1)c1ccc(F)cc1. The molecule has 4 nitrogen and oxygen atoms in total. The fourth-order valence-corrected chi connectivity index (χ4v) is 3.09. The molecule has 2 rings (SSSR count). The van der Waals surface area contributed by atoms with Gasteiger partial charge in [0.25, 0.3) is 0 Å². The van der Waals surface area contributed by atoms with Crippen LogP contribution in [0.1, 0.15) is 38.3 Å². The van der Waals surface area contributed by atoms with Crippen LogP contribution in [0, 0.1) is 5.82 Å². The molecule has 2 atom stereocenters. The first-order valence-corrected chi connectivity index (χ1v) is 8.43. The summed E-state index contributed by atoms with van der Waals surface area (Å²) in [5.74, 6) is -0.328. The fraction of sp³-hybridized carbons (Fsp3) is 0.571. The summed E-state index contributed by atoms with van der Waals surface area (Å²) in [4.78, 5) is 0. The number of hydrogen-bond donors (Lipinski definition) is 2. The zero-order valence-electron chi connectivity index (χ0n) is 11.8. The van der Waals surface area contributed by atoms with Gasteiger partial charge in [-0.2, -0.15) is 0 Å². The number of benzene rings is 1. The minimum absolute atomic E-state index is 0.328. The van der Waals surface area contributed by atoms with Crippen LogP contribution in [-0.4, -0.2) is 26.3 Å². The molecule has 112 valence electrons. The van der Waals surface area contributed by atoms with E-state index in [1.54, 1.807) is 26.0 Å². The molecule has 0 aliphatic heterocycles. The highest BCUT2D eigenvalue weighted by molar-refractivity contribution is 7.90. The summed E-state index contributed by atoms with van der Waals surface area (Å²) >= 11 is 0. The van der Waals surface area contributed by atoms with Crippen LogP contribution in [0.5, 0.6) is 0 Å². The molecule has 0 heterocycles. The molecule has 0 bridgehead atoms. The minimum atomic E-state index is -3.39. The van der Waals surface area contributed by atoms with E-state index in [0.29, 0.717) is 12.6 Å². The van der Waals surface area contributed by atoms with Gasteiger partial charge >= 0.3 is 0 Å². The summed E-state index contributed by atoms with van der Waals surface area (Å²) in [6, 6.07) is 5.97. The van der Waals surface area contributed by atoms with E-state index in [1.165, 1.54) is 12.1 Å². The molecular weight excluding hydrogens is 279 g/mol. The average Bonchev–Trinajstić information content (AvgIpc) is 3.20. The van der Waals surface area contributed by atoms with Gasteiger partial charge in [0.15, 0.2) is 0 Å². The predicted octanol–water partition coefficient (Wildman–Crippen LogP) is 1.95. The molecule has 1 aliphatic rings. The molecule has 1 saturated carbocycles. The van der Waals surface area contributed by atoms with Crippen molar-refractivity contribution in [3.63, 3.8) is 0 Å². The lowest BCUT2D eigenvalue weighted by Gasteiger charge is -2.19. The topological polar surface area (TPSA) is 58.2 Å². The van der Waals surface area contributed by atoms with E-state index in [0.717, 1.165) is 18.4 Å². The van der Waals surface area contributed by atoms with Gasteiger partial charge < -0.3 is 5.32 Å². The maximum absolute atomic E-state index is 12.9. The second kappa shape index (κ2) is 6.20. The third-order valence-corrected chi connectivity index (χ3v) is 5.42. The summed E-state index contributed by atoms with van der Waals surface area (Å²) in [5, 5.41) is 2.72. The van der Waals surface area contributed by atoms with Gasteiger partial charge in [-0.25, -0.2) is 17.5 Å². The van der Waals surface area contributed by atoms with Gasteiger partial charge in [-0.3, -0.25) is 0 Å². The summed E-state index contributed by atoms with van der Waals surface area (Å²) in [6.07, 6.45) is 2.26. The van der Waals surface area contributed by atoms with Crippen LogP contribution in [0.25, 0.3) is 0 Å². The second-order valence-corrected chi connectivity index (χ2v) is 7.56. The van der Waals surface area contributed by atoms with E-state index < -0.39 is 15.3 Å².